The average Bonchev–Trinajstić information content (AvgIpc) is 2.54. The normalized spacial score (nSPS) is 39.5. The summed E-state index contributed by atoms with van der Waals surface area (Å²) >= 11 is 0. The van der Waals surface area contributed by atoms with Gasteiger partial charge in [-0.15, -0.1) is 0 Å². The molecule has 8 heteroatoms. The molecule has 1 saturated carbocycles. The van der Waals surface area contributed by atoms with E-state index in [0.29, 0.717) is 6.42 Å². The molecule has 13 heavy (non-hydrogen) atoms. The van der Waals surface area contributed by atoms with Gasteiger partial charge >= 0.3 is 0 Å². The van der Waals surface area contributed by atoms with E-state index in [4.69, 9.17) is 34.5 Å². The minimum absolute atomic E-state index is 0.186. The first-order chi connectivity index (χ1) is 6.28. The van der Waals surface area contributed by atoms with Crippen LogP contribution >= 0.6 is 18.9 Å². The fourth-order valence-electron chi connectivity index (χ4n) is 1.52. The van der Waals surface area contributed by atoms with Crippen molar-refractivity contribution in [2.45, 2.75) is 30.8 Å². The quantitative estimate of drug-likeness (QED) is 0.478. The van der Waals surface area contributed by atoms with Gasteiger partial charge in [0.25, 0.3) is 16.1 Å². The van der Waals surface area contributed by atoms with Crippen LogP contribution in [0.25, 0.3) is 0 Å². The van der Waals surface area contributed by atoms with Crippen LogP contribution in [0.4, 0.5) is 0 Å². The molecule has 70 valence electrons. The van der Waals surface area contributed by atoms with Crippen molar-refractivity contribution < 1.29 is 18.4 Å². The van der Waals surface area contributed by atoms with Crippen molar-refractivity contribution in [1.82, 2.24) is 0 Å². The highest BCUT2D eigenvalue weighted by Gasteiger charge is 2.43. The molecule has 0 aromatic heterocycles. The van der Waals surface area contributed by atoms with Gasteiger partial charge in [-0.25, -0.2) is 0 Å². The van der Waals surface area contributed by atoms with E-state index in [1.807, 2.05) is 0 Å². The average molecular weight is 218 g/mol. The van der Waals surface area contributed by atoms with Gasteiger partial charge in [-0.2, -0.15) is 0 Å². The van der Waals surface area contributed by atoms with Gasteiger partial charge in [-0.05, 0) is 0 Å². The number of hydrogen-bond acceptors (Lipinski definition) is 4. The molecule has 0 saturated heterocycles. The van der Waals surface area contributed by atoms with E-state index in [2.05, 4.69) is 18.9 Å². The van der Waals surface area contributed by atoms with Crippen molar-refractivity contribution >= 4 is 35.0 Å². The van der Waals surface area contributed by atoms with E-state index < -0.39 is 12.2 Å². The molecule has 1 aliphatic rings. The molecule has 0 aromatic carbocycles. The van der Waals surface area contributed by atoms with Crippen LogP contribution in [0, 0.1) is 0 Å². The summed E-state index contributed by atoms with van der Waals surface area (Å²) in [6.45, 7) is 0. The molecular formula is C5H10B2O4P2. The third-order valence-electron chi connectivity index (χ3n) is 2.19. The Morgan fingerprint density at radius 2 is 1.31 bits per heavy atom. The largest absolute Gasteiger partial charge is 0.440 e. The summed E-state index contributed by atoms with van der Waals surface area (Å²) in [5.74, 6) is 0. The van der Waals surface area contributed by atoms with Crippen molar-refractivity contribution in [3.63, 3.8) is 0 Å². The van der Waals surface area contributed by atoms with Crippen LogP contribution in [-0.4, -0.2) is 40.5 Å². The van der Waals surface area contributed by atoms with Crippen molar-refractivity contribution in [3.05, 3.63) is 0 Å². The van der Waals surface area contributed by atoms with E-state index in [1.54, 1.807) is 0 Å². The van der Waals surface area contributed by atoms with Crippen LogP contribution in [0.15, 0.2) is 0 Å². The molecule has 1 fully saturated rings. The Balaban J connectivity index is 2.65. The highest BCUT2D eigenvalue weighted by Crippen LogP contribution is 2.31. The lowest BCUT2D eigenvalue weighted by atomic mass is 10.2. The summed E-state index contributed by atoms with van der Waals surface area (Å²) in [6.07, 6.45) is -0.569. The number of hydrogen-bond donors (Lipinski definition) is 0. The highest BCUT2D eigenvalue weighted by molar-refractivity contribution is 7.10. The van der Waals surface area contributed by atoms with Gasteiger partial charge in [0, 0.05) is 25.4 Å². The van der Waals surface area contributed by atoms with Crippen LogP contribution < -0.4 is 0 Å². The first-order valence-corrected chi connectivity index (χ1v) is 4.64. The standard InChI is InChI=1S/C5H10B2O4P2/c6-8-4-2(10-12)1-3(11-13)5(4)9-7/h2-5H,1,12-13H2/t2-,3+,4-,5+. The predicted octanol–water partition coefficient (Wildman–Crippen LogP) is -0.322. The van der Waals surface area contributed by atoms with E-state index in [9.17, 15) is 0 Å². The summed E-state index contributed by atoms with van der Waals surface area (Å²) in [5.41, 5.74) is 0. The molecule has 0 N–H and O–H groups in total. The van der Waals surface area contributed by atoms with E-state index >= 15 is 0 Å². The fraction of sp³-hybridized carbons (Fsp3) is 1.00. The van der Waals surface area contributed by atoms with Gasteiger partial charge in [0.15, 0.2) is 0 Å². The highest BCUT2D eigenvalue weighted by atomic mass is 31.0. The van der Waals surface area contributed by atoms with E-state index in [0.717, 1.165) is 0 Å². The van der Waals surface area contributed by atoms with Crippen LogP contribution in [-0.2, 0) is 18.4 Å². The zero-order valence-electron chi connectivity index (χ0n) is 6.96. The minimum atomic E-state index is -0.409. The molecule has 4 radical (unpaired) electrons. The molecule has 0 aromatic rings. The topological polar surface area (TPSA) is 36.9 Å². The second kappa shape index (κ2) is 5.65. The molecule has 0 spiro atoms. The first-order valence-electron chi connectivity index (χ1n) is 3.70. The first kappa shape index (κ1) is 11.9. The smallest absolute Gasteiger partial charge is 0.283 e. The van der Waals surface area contributed by atoms with Gasteiger partial charge < -0.3 is 18.4 Å². The summed E-state index contributed by atoms with van der Waals surface area (Å²) in [4.78, 5) is 0. The van der Waals surface area contributed by atoms with Gasteiger partial charge in [0.1, 0.15) is 0 Å². The van der Waals surface area contributed by atoms with Crippen molar-refractivity contribution in [1.29, 1.82) is 0 Å². The molecule has 4 nitrogen and oxygen atoms in total. The lowest BCUT2D eigenvalue weighted by molar-refractivity contribution is 0.0120. The van der Waals surface area contributed by atoms with Gasteiger partial charge in [0.05, 0.1) is 24.4 Å². The summed E-state index contributed by atoms with van der Waals surface area (Å²) in [5, 5.41) is 0. The summed E-state index contributed by atoms with van der Waals surface area (Å²) in [7, 11) is 14.5. The third kappa shape index (κ3) is 2.44. The Morgan fingerprint density at radius 3 is 1.54 bits per heavy atom. The summed E-state index contributed by atoms with van der Waals surface area (Å²) in [6, 6.07) is 0. The Labute approximate surface area is 84.9 Å². The van der Waals surface area contributed by atoms with E-state index in [-0.39, 0.29) is 12.2 Å². The second-order valence-electron chi connectivity index (χ2n) is 2.79. The summed E-state index contributed by atoms with van der Waals surface area (Å²) < 4.78 is 19.6. The molecule has 0 amide bonds. The van der Waals surface area contributed by atoms with Gasteiger partial charge in [0.2, 0.25) is 0 Å². The Hall–Kier alpha value is 0.830. The molecular weight excluding hydrogens is 208 g/mol. The van der Waals surface area contributed by atoms with E-state index in [1.165, 1.54) is 0 Å². The monoisotopic (exact) mass is 218 g/mol. The van der Waals surface area contributed by atoms with Crippen molar-refractivity contribution in [2.24, 2.45) is 0 Å². The zero-order valence-corrected chi connectivity index (χ0v) is 9.27. The Bertz CT molecular complexity index is 147. The molecule has 0 heterocycles. The fourth-order valence-corrected chi connectivity index (χ4v) is 2.05. The zero-order chi connectivity index (χ0) is 9.84. The lowest BCUT2D eigenvalue weighted by Gasteiger charge is -2.24. The van der Waals surface area contributed by atoms with Gasteiger partial charge in [-0.1, -0.05) is 0 Å². The Morgan fingerprint density at radius 1 is 0.923 bits per heavy atom. The molecule has 2 unspecified atom stereocenters. The van der Waals surface area contributed by atoms with Crippen LogP contribution in [0.2, 0.25) is 0 Å². The second-order valence-corrected chi connectivity index (χ2v) is 3.33. The van der Waals surface area contributed by atoms with Crippen LogP contribution in [0.5, 0.6) is 0 Å². The predicted molar refractivity (Wildman–Crippen MR) is 55.0 cm³/mol. The third-order valence-corrected chi connectivity index (χ3v) is 2.88. The molecule has 0 aliphatic heterocycles. The number of rotatable bonds is 4. The maximum Gasteiger partial charge on any atom is 0.283 e. The van der Waals surface area contributed by atoms with Crippen LogP contribution in [0.1, 0.15) is 6.42 Å². The van der Waals surface area contributed by atoms with Crippen LogP contribution in [0.3, 0.4) is 0 Å². The lowest BCUT2D eigenvalue weighted by Crippen LogP contribution is -2.36. The Kier molecular flexibility index (Phi) is 5.17. The molecule has 1 rings (SSSR count). The molecule has 6 atom stereocenters. The molecule has 1 aliphatic carbocycles. The van der Waals surface area contributed by atoms with Crippen molar-refractivity contribution in [3.8, 4) is 0 Å². The minimum Gasteiger partial charge on any atom is -0.440 e. The molecule has 0 bridgehead atoms. The SMILES string of the molecule is [B]O[C@@H]1[C@H](O[B])[C@H](OP)C[C@@H]1OP. The maximum absolute atomic E-state index is 5.10. The van der Waals surface area contributed by atoms with Gasteiger partial charge in [-0.3, -0.25) is 0 Å². The van der Waals surface area contributed by atoms with Crippen molar-refractivity contribution in [2.75, 3.05) is 0 Å². The maximum atomic E-state index is 5.10.